The molecule has 0 atom stereocenters. The molecule has 9 heteroatoms. The van der Waals surface area contributed by atoms with Gasteiger partial charge in [-0.1, -0.05) is 0 Å². The number of nitrogens with zero attached hydrogens (tertiary/aromatic N) is 1. The van der Waals surface area contributed by atoms with Crippen LogP contribution in [0.1, 0.15) is 26.7 Å². The van der Waals surface area contributed by atoms with Gasteiger partial charge in [-0.15, -0.1) is 11.3 Å². The van der Waals surface area contributed by atoms with E-state index in [-0.39, 0.29) is 29.6 Å². The minimum absolute atomic E-state index is 0.0344. The molecule has 0 unspecified atom stereocenters. The molecule has 1 aromatic rings. The van der Waals surface area contributed by atoms with Gasteiger partial charge in [-0.3, -0.25) is 9.59 Å². The molecule has 0 spiro atoms. The minimum Gasteiger partial charge on any atom is -0.476 e. The maximum atomic E-state index is 11.6. The largest absolute Gasteiger partial charge is 0.476 e. The third-order valence-electron chi connectivity index (χ3n) is 2.19. The number of amides is 2. The molecule has 0 radical (unpaired) electrons. The highest BCUT2D eigenvalue weighted by Gasteiger charge is 2.14. The molecule has 8 nitrogen and oxygen atoms in total. The highest BCUT2D eigenvalue weighted by Crippen LogP contribution is 2.09. The molecule has 0 saturated carbocycles. The van der Waals surface area contributed by atoms with Crippen LogP contribution in [0.3, 0.4) is 0 Å². The predicted octanol–water partition coefficient (Wildman–Crippen LogP) is -0.276. The molecule has 0 fully saturated rings. The number of hydrogen-bond donors (Lipinski definition) is 3. The van der Waals surface area contributed by atoms with Crippen molar-refractivity contribution in [1.82, 2.24) is 15.6 Å². The molecule has 0 aliphatic rings. The van der Waals surface area contributed by atoms with Crippen molar-refractivity contribution in [2.75, 3.05) is 26.8 Å². The summed E-state index contributed by atoms with van der Waals surface area (Å²) in [5.41, 5.74) is 0.0344. The third-order valence-corrected chi connectivity index (χ3v) is 3.02. The molecule has 20 heavy (non-hydrogen) atoms. The van der Waals surface area contributed by atoms with Gasteiger partial charge in [-0.05, 0) is 0 Å². The van der Waals surface area contributed by atoms with E-state index in [0.29, 0.717) is 13.2 Å². The van der Waals surface area contributed by atoms with E-state index in [1.165, 1.54) is 12.5 Å². The minimum atomic E-state index is -1.17. The number of carboxylic acid groups (broad SMARTS) is 1. The first-order chi connectivity index (χ1) is 9.54. The summed E-state index contributed by atoms with van der Waals surface area (Å²) < 4.78 is 4.77. The SMILES string of the molecule is COCCNC(=O)CCNC(=O)c1csc(C(=O)O)n1. The molecule has 0 aromatic carbocycles. The smallest absolute Gasteiger partial charge is 0.365 e. The number of carboxylic acids is 1. The topological polar surface area (TPSA) is 118 Å². The fourth-order valence-electron chi connectivity index (χ4n) is 1.24. The molecule has 1 aromatic heterocycles. The number of rotatable bonds is 8. The van der Waals surface area contributed by atoms with Gasteiger partial charge in [0.2, 0.25) is 10.9 Å². The molecular weight excluding hydrogens is 286 g/mol. The molecule has 3 N–H and O–H groups in total. The lowest BCUT2D eigenvalue weighted by Gasteiger charge is -2.05. The quantitative estimate of drug-likeness (QED) is 0.569. The normalized spacial score (nSPS) is 10.1. The average molecular weight is 301 g/mol. The fourth-order valence-corrected chi connectivity index (χ4v) is 1.87. The van der Waals surface area contributed by atoms with Crippen molar-refractivity contribution in [2.45, 2.75) is 6.42 Å². The summed E-state index contributed by atoms with van der Waals surface area (Å²) in [6.07, 6.45) is 0.130. The zero-order chi connectivity index (χ0) is 15.0. The number of aromatic carboxylic acids is 1. The number of carbonyl (C=O) groups excluding carboxylic acids is 2. The van der Waals surface area contributed by atoms with Crippen molar-refractivity contribution in [2.24, 2.45) is 0 Å². The van der Waals surface area contributed by atoms with Crippen LogP contribution < -0.4 is 10.6 Å². The van der Waals surface area contributed by atoms with E-state index >= 15 is 0 Å². The number of nitrogens with one attached hydrogen (secondary N) is 2. The van der Waals surface area contributed by atoms with Gasteiger partial charge in [0.1, 0.15) is 5.69 Å². The van der Waals surface area contributed by atoms with Crippen molar-refractivity contribution in [1.29, 1.82) is 0 Å². The van der Waals surface area contributed by atoms with Crippen LogP contribution in [0.25, 0.3) is 0 Å². The molecule has 0 saturated heterocycles. The Morgan fingerprint density at radius 1 is 1.35 bits per heavy atom. The Bertz CT molecular complexity index is 488. The van der Waals surface area contributed by atoms with Crippen LogP contribution in [0.5, 0.6) is 0 Å². The number of methoxy groups -OCH3 is 1. The summed E-state index contributed by atoms with van der Waals surface area (Å²) in [4.78, 5) is 37.2. The Balaban J connectivity index is 2.29. The van der Waals surface area contributed by atoms with Gasteiger partial charge in [0, 0.05) is 32.0 Å². The maximum absolute atomic E-state index is 11.6. The Kier molecular flexibility index (Phi) is 6.60. The first-order valence-corrected chi connectivity index (χ1v) is 6.65. The van der Waals surface area contributed by atoms with Crippen molar-refractivity contribution in [3.05, 3.63) is 16.1 Å². The molecular formula is C11H15N3O5S. The standard InChI is InChI=1S/C11H15N3O5S/c1-19-5-4-12-8(15)2-3-13-9(16)7-6-20-10(14-7)11(17)18/h6H,2-5H2,1H3,(H,12,15)(H,13,16)(H,17,18). The lowest BCUT2D eigenvalue weighted by molar-refractivity contribution is -0.121. The van der Waals surface area contributed by atoms with Crippen molar-refractivity contribution >= 4 is 29.1 Å². The van der Waals surface area contributed by atoms with Gasteiger partial charge in [0.05, 0.1) is 6.61 Å². The van der Waals surface area contributed by atoms with E-state index in [0.717, 1.165) is 11.3 Å². The number of hydrogen-bond acceptors (Lipinski definition) is 6. The van der Waals surface area contributed by atoms with E-state index in [2.05, 4.69) is 15.6 Å². The first kappa shape index (κ1) is 16.1. The molecule has 0 bridgehead atoms. The van der Waals surface area contributed by atoms with Crippen molar-refractivity contribution in [3.8, 4) is 0 Å². The maximum Gasteiger partial charge on any atom is 0.365 e. The molecule has 0 aliphatic heterocycles. The molecule has 0 aliphatic carbocycles. The molecule has 1 heterocycles. The zero-order valence-electron chi connectivity index (χ0n) is 10.8. The lowest BCUT2D eigenvalue weighted by atomic mass is 10.3. The molecule has 2 amide bonds. The summed E-state index contributed by atoms with van der Waals surface area (Å²) in [7, 11) is 1.53. The van der Waals surface area contributed by atoms with Crippen molar-refractivity contribution in [3.63, 3.8) is 0 Å². The fraction of sp³-hybridized carbons (Fsp3) is 0.455. The van der Waals surface area contributed by atoms with Crippen LogP contribution in [0.15, 0.2) is 5.38 Å². The summed E-state index contributed by atoms with van der Waals surface area (Å²) in [6, 6.07) is 0. The van der Waals surface area contributed by atoms with Crippen molar-refractivity contribution < 1.29 is 24.2 Å². The van der Waals surface area contributed by atoms with Gasteiger partial charge in [0.25, 0.3) is 5.91 Å². The second kappa shape index (κ2) is 8.23. The van der Waals surface area contributed by atoms with E-state index < -0.39 is 11.9 Å². The van der Waals surface area contributed by atoms with E-state index in [1.54, 1.807) is 0 Å². The van der Waals surface area contributed by atoms with Gasteiger partial charge in [0.15, 0.2) is 0 Å². The molecule has 110 valence electrons. The number of ether oxygens (including phenoxy) is 1. The highest BCUT2D eigenvalue weighted by atomic mass is 32.1. The van der Waals surface area contributed by atoms with Crippen LogP contribution in [-0.2, 0) is 9.53 Å². The Morgan fingerprint density at radius 2 is 2.10 bits per heavy atom. The van der Waals surface area contributed by atoms with Crippen LogP contribution in [0.2, 0.25) is 0 Å². The van der Waals surface area contributed by atoms with Gasteiger partial charge < -0.3 is 20.5 Å². The summed E-state index contributed by atoms with van der Waals surface area (Å²) in [5, 5.41) is 15.0. The monoisotopic (exact) mass is 301 g/mol. The number of thiazole rings is 1. The van der Waals surface area contributed by atoms with Gasteiger partial charge in [-0.2, -0.15) is 0 Å². The number of aromatic nitrogens is 1. The van der Waals surface area contributed by atoms with Gasteiger partial charge in [-0.25, -0.2) is 9.78 Å². The van der Waals surface area contributed by atoms with E-state index in [1.807, 2.05) is 0 Å². The van der Waals surface area contributed by atoms with Gasteiger partial charge >= 0.3 is 5.97 Å². The predicted molar refractivity (Wildman–Crippen MR) is 70.9 cm³/mol. The van der Waals surface area contributed by atoms with Crippen LogP contribution in [0, 0.1) is 0 Å². The Hall–Kier alpha value is -2.00. The van der Waals surface area contributed by atoms with Crippen LogP contribution in [-0.4, -0.2) is 54.7 Å². The summed E-state index contributed by atoms with van der Waals surface area (Å²) in [5.74, 6) is -1.88. The van der Waals surface area contributed by atoms with Crippen LogP contribution in [0.4, 0.5) is 0 Å². The van der Waals surface area contributed by atoms with E-state index in [4.69, 9.17) is 9.84 Å². The zero-order valence-corrected chi connectivity index (χ0v) is 11.7. The molecule has 1 rings (SSSR count). The summed E-state index contributed by atoms with van der Waals surface area (Å²) >= 11 is 0.875. The Morgan fingerprint density at radius 3 is 2.70 bits per heavy atom. The summed E-state index contributed by atoms with van der Waals surface area (Å²) in [6.45, 7) is 0.990. The highest BCUT2D eigenvalue weighted by molar-refractivity contribution is 7.11. The van der Waals surface area contributed by atoms with E-state index in [9.17, 15) is 14.4 Å². The first-order valence-electron chi connectivity index (χ1n) is 5.77. The van der Waals surface area contributed by atoms with Crippen LogP contribution >= 0.6 is 11.3 Å². The third kappa shape index (κ3) is 5.33. The average Bonchev–Trinajstić information content (AvgIpc) is 2.88. The Labute approximate surface area is 119 Å². The lowest BCUT2D eigenvalue weighted by Crippen LogP contribution is -2.32. The second-order valence-electron chi connectivity index (χ2n) is 3.69. The number of carbonyl (C=O) groups is 3. The second-order valence-corrected chi connectivity index (χ2v) is 4.55.